The molecule has 1 heterocycles. The van der Waals surface area contributed by atoms with E-state index >= 15 is 0 Å². The van der Waals surface area contributed by atoms with E-state index < -0.39 is 10.0 Å². The maximum Gasteiger partial charge on any atom is 0.240 e. The van der Waals surface area contributed by atoms with Gasteiger partial charge < -0.3 is 11.5 Å². The number of pyridine rings is 1. The number of nitrogens with one attached hydrogen (secondary N) is 1. The number of benzene rings is 2. The van der Waals surface area contributed by atoms with Gasteiger partial charge in [-0.25, -0.2) is 18.1 Å². The van der Waals surface area contributed by atoms with Gasteiger partial charge in [0.2, 0.25) is 10.0 Å². The van der Waals surface area contributed by atoms with Crippen molar-refractivity contribution < 1.29 is 8.42 Å². The average Bonchev–Trinajstić information content (AvgIpc) is 2.64. The molecule has 3 rings (SSSR count). The first-order chi connectivity index (χ1) is 13.3. The molecule has 146 valence electrons. The van der Waals surface area contributed by atoms with Crippen LogP contribution in [0.3, 0.4) is 0 Å². The molecule has 28 heavy (non-hydrogen) atoms. The van der Waals surface area contributed by atoms with Crippen LogP contribution in [-0.2, 0) is 16.4 Å². The molecular formula is C19H20ClN5O2S. The molecule has 1 aromatic heterocycles. The molecule has 0 spiro atoms. The Labute approximate surface area is 168 Å². The first-order valence-corrected chi connectivity index (χ1v) is 10.4. The molecule has 0 radical (unpaired) electrons. The van der Waals surface area contributed by atoms with Crippen molar-refractivity contribution in [1.29, 1.82) is 0 Å². The van der Waals surface area contributed by atoms with E-state index in [2.05, 4.69) is 14.7 Å². The van der Waals surface area contributed by atoms with Crippen molar-refractivity contribution in [2.75, 3.05) is 0 Å². The van der Waals surface area contributed by atoms with Crippen LogP contribution in [0.5, 0.6) is 0 Å². The summed E-state index contributed by atoms with van der Waals surface area (Å²) in [6.45, 7) is 1.81. The number of fused-ring (bicyclic) bond motifs is 1. The fourth-order valence-electron chi connectivity index (χ4n) is 2.89. The Balaban J connectivity index is 1.94. The van der Waals surface area contributed by atoms with Gasteiger partial charge in [0.15, 0.2) is 11.8 Å². The van der Waals surface area contributed by atoms with Gasteiger partial charge in [-0.1, -0.05) is 48.0 Å². The SMILES string of the molecule is C[C@H](Cc1ccccc1)NS(=O)(=O)c1ccc2c(Cl)cnc(N=C(N)N)c2c1. The molecule has 0 saturated carbocycles. The van der Waals surface area contributed by atoms with E-state index in [-0.39, 0.29) is 22.7 Å². The Kier molecular flexibility index (Phi) is 5.83. The van der Waals surface area contributed by atoms with Crippen molar-refractivity contribution in [3.63, 3.8) is 0 Å². The molecule has 7 nitrogen and oxygen atoms in total. The van der Waals surface area contributed by atoms with Crippen LogP contribution in [0.2, 0.25) is 5.02 Å². The number of guanidine groups is 1. The minimum Gasteiger partial charge on any atom is -0.370 e. The highest BCUT2D eigenvalue weighted by Gasteiger charge is 2.19. The second kappa shape index (κ2) is 8.14. The van der Waals surface area contributed by atoms with Gasteiger partial charge in [0, 0.05) is 23.0 Å². The Hall–Kier alpha value is -2.68. The van der Waals surface area contributed by atoms with E-state index in [0.717, 1.165) is 5.56 Å². The van der Waals surface area contributed by atoms with Gasteiger partial charge in [0.25, 0.3) is 0 Å². The first kappa shape index (κ1) is 20.1. The molecule has 0 bridgehead atoms. The third kappa shape index (κ3) is 4.59. The normalized spacial score (nSPS) is 12.6. The van der Waals surface area contributed by atoms with Crippen molar-refractivity contribution in [2.24, 2.45) is 16.5 Å². The molecule has 0 saturated heterocycles. The molecule has 0 fully saturated rings. The Bertz CT molecular complexity index is 1130. The van der Waals surface area contributed by atoms with E-state index in [4.69, 9.17) is 23.1 Å². The average molecular weight is 418 g/mol. The third-order valence-electron chi connectivity index (χ3n) is 4.08. The lowest BCUT2D eigenvalue weighted by molar-refractivity contribution is 0.560. The van der Waals surface area contributed by atoms with Crippen LogP contribution < -0.4 is 16.2 Å². The molecule has 0 aliphatic heterocycles. The van der Waals surface area contributed by atoms with Crippen molar-refractivity contribution in [1.82, 2.24) is 9.71 Å². The number of halogens is 1. The molecule has 1 atom stereocenters. The summed E-state index contributed by atoms with van der Waals surface area (Å²) in [5, 5.41) is 1.42. The lowest BCUT2D eigenvalue weighted by Gasteiger charge is -2.15. The van der Waals surface area contributed by atoms with Crippen LogP contribution in [0.15, 0.2) is 64.6 Å². The molecule has 0 amide bonds. The van der Waals surface area contributed by atoms with Gasteiger partial charge in [-0.15, -0.1) is 0 Å². The summed E-state index contributed by atoms with van der Waals surface area (Å²) in [6, 6.07) is 13.9. The van der Waals surface area contributed by atoms with Crippen LogP contribution in [0.1, 0.15) is 12.5 Å². The van der Waals surface area contributed by atoms with E-state index in [0.29, 0.717) is 22.2 Å². The predicted molar refractivity (Wildman–Crippen MR) is 112 cm³/mol. The number of rotatable bonds is 6. The number of sulfonamides is 1. The van der Waals surface area contributed by atoms with Crippen LogP contribution in [-0.4, -0.2) is 25.4 Å². The van der Waals surface area contributed by atoms with E-state index in [1.54, 1.807) is 6.07 Å². The monoisotopic (exact) mass is 417 g/mol. The van der Waals surface area contributed by atoms with Crippen molar-refractivity contribution in [3.8, 4) is 0 Å². The Morgan fingerprint density at radius 2 is 1.89 bits per heavy atom. The molecule has 9 heteroatoms. The van der Waals surface area contributed by atoms with Gasteiger partial charge in [-0.3, -0.25) is 0 Å². The van der Waals surface area contributed by atoms with E-state index in [1.807, 2.05) is 37.3 Å². The zero-order valence-electron chi connectivity index (χ0n) is 15.1. The maximum atomic E-state index is 12.8. The fraction of sp³-hybridized carbons (Fsp3) is 0.158. The molecule has 0 aliphatic carbocycles. The molecular weight excluding hydrogens is 398 g/mol. The minimum atomic E-state index is -3.76. The number of hydrogen-bond donors (Lipinski definition) is 3. The second-order valence-electron chi connectivity index (χ2n) is 6.39. The highest BCUT2D eigenvalue weighted by Crippen LogP contribution is 2.31. The van der Waals surface area contributed by atoms with E-state index in [9.17, 15) is 8.42 Å². The van der Waals surface area contributed by atoms with Gasteiger partial charge in [-0.05, 0) is 31.0 Å². The summed E-state index contributed by atoms with van der Waals surface area (Å²) in [5.74, 6) is 0.0211. The van der Waals surface area contributed by atoms with Gasteiger partial charge >= 0.3 is 0 Å². The van der Waals surface area contributed by atoms with Crippen LogP contribution in [0.25, 0.3) is 10.8 Å². The maximum absolute atomic E-state index is 12.8. The molecule has 3 aromatic rings. The van der Waals surface area contributed by atoms with Gasteiger partial charge in [-0.2, -0.15) is 4.99 Å². The highest BCUT2D eigenvalue weighted by atomic mass is 35.5. The zero-order valence-corrected chi connectivity index (χ0v) is 16.7. The van der Waals surface area contributed by atoms with Crippen LogP contribution in [0, 0.1) is 0 Å². The summed E-state index contributed by atoms with van der Waals surface area (Å²) >= 11 is 6.17. The van der Waals surface area contributed by atoms with Crippen molar-refractivity contribution in [3.05, 3.63) is 65.3 Å². The lowest BCUT2D eigenvalue weighted by atomic mass is 10.1. The van der Waals surface area contributed by atoms with Crippen molar-refractivity contribution in [2.45, 2.75) is 24.3 Å². The lowest BCUT2D eigenvalue weighted by Crippen LogP contribution is -2.34. The smallest absolute Gasteiger partial charge is 0.240 e. The fourth-order valence-corrected chi connectivity index (χ4v) is 4.38. The highest BCUT2D eigenvalue weighted by molar-refractivity contribution is 7.89. The second-order valence-corrected chi connectivity index (χ2v) is 8.51. The third-order valence-corrected chi connectivity index (χ3v) is 5.96. The molecule has 5 N–H and O–H groups in total. The topological polar surface area (TPSA) is 123 Å². The van der Waals surface area contributed by atoms with Crippen molar-refractivity contribution >= 4 is 44.2 Å². The predicted octanol–water partition coefficient (Wildman–Crippen LogP) is 2.70. The molecule has 2 aromatic carbocycles. The molecule has 0 unspecified atom stereocenters. The summed E-state index contributed by atoms with van der Waals surface area (Å²) in [5.41, 5.74) is 11.9. The Morgan fingerprint density at radius 1 is 1.18 bits per heavy atom. The summed E-state index contributed by atoms with van der Waals surface area (Å²) in [6.07, 6.45) is 1.99. The number of hydrogen-bond acceptors (Lipinski definition) is 4. The number of aliphatic imine (C=N–C) groups is 1. The zero-order chi connectivity index (χ0) is 20.3. The van der Waals surface area contributed by atoms with Gasteiger partial charge in [0.1, 0.15) is 0 Å². The standard InChI is InChI=1S/C19H20ClN5O2S/c1-12(9-13-5-3-2-4-6-13)25-28(26,27)14-7-8-15-16(10-14)18(24-19(21)22)23-11-17(15)20/h2-8,10-12,25H,9H2,1H3,(H4,21,22,23,24)/t12-/m1/s1. The van der Waals surface area contributed by atoms with Crippen LogP contribution >= 0.6 is 11.6 Å². The summed E-state index contributed by atoms with van der Waals surface area (Å²) in [7, 11) is -3.76. The van der Waals surface area contributed by atoms with Gasteiger partial charge in [0.05, 0.1) is 9.92 Å². The Morgan fingerprint density at radius 3 is 2.57 bits per heavy atom. The van der Waals surface area contributed by atoms with Crippen LogP contribution in [0.4, 0.5) is 5.82 Å². The number of aromatic nitrogens is 1. The minimum absolute atomic E-state index is 0.0796. The summed E-state index contributed by atoms with van der Waals surface area (Å²) in [4.78, 5) is 8.13. The molecule has 0 aliphatic rings. The number of nitrogens with zero attached hydrogens (tertiary/aromatic N) is 2. The largest absolute Gasteiger partial charge is 0.370 e. The van der Waals surface area contributed by atoms with E-state index in [1.165, 1.54) is 18.3 Å². The number of nitrogens with two attached hydrogens (primary N) is 2. The summed E-state index contributed by atoms with van der Waals surface area (Å²) < 4.78 is 28.4. The first-order valence-electron chi connectivity index (χ1n) is 8.50. The quantitative estimate of drug-likeness (QED) is 0.420.